The molecule has 2 unspecified atom stereocenters. The zero-order valence-electron chi connectivity index (χ0n) is 9.79. The topological polar surface area (TPSA) is 43.4 Å². The van der Waals surface area contributed by atoms with E-state index in [9.17, 15) is 9.59 Å². The molecule has 1 fully saturated rings. The third kappa shape index (κ3) is 3.05. The van der Waals surface area contributed by atoms with E-state index >= 15 is 0 Å². The predicted molar refractivity (Wildman–Crippen MR) is 57.3 cm³/mol. The van der Waals surface area contributed by atoms with Crippen LogP contribution in [-0.4, -0.2) is 18.4 Å². The third-order valence-electron chi connectivity index (χ3n) is 3.04. The van der Waals surface area contributed by atoms with Crippen molar-refractivity contribution in [2.75, 3.05) is 6.61 Å². The molecule has 0 aliphatic heterocycles. The Balaban J connectivity index is 2.67. The second-order valence-electron chi connectivity index (χ2n) is 4.29. The SMILES string of the molecule is CCOC(=O)C(C(=O)C1CC1)C(C)CC. The van der Waals surface area contributed by atoms with E-state index in [2.05, 4.69) is 0 Å². The van der Waals surface area contributed by atoms with Crippen molar-refractivity contribution in [1.82, 2.24) is 0 Å². The van der Waals surface area contributed by atoms with E-state index in [0.29, 0.717) is 6.61 Å². The number of ether oxygens (including phenoxy) is 1. The summed E-state index contributed by atoms with van der Waals surface area (Å²) in [6.45, 7) is 6.07. The molecule has 0 amide bonds. The highest BCUT2D eigenvalue weighted by Crippen LogP contribution is 2.35. The molecule has 1 aliphatic carbocycles. The molecule has 0 radical (unpaired) electrons. The standard InChI is InChI=1S/C12H20O3/c1-4-8(3)10(12(14)15-5-2)11(13)9-6-7-9/h8-10H,4-7H2,1-3H3. The van der Waals surface area contributed by atoms with Crippen LogP contribution in [0.25, 0.3) is 0 Å². The molecule has 0 aromatic carbocycles. The van der Waals surface area contributed by atoms with Gasteiger partial charge >= 0.3 is 5.97 Å². The fraction of sp³-hybridized carbons (Fsp3) is 0.833. The molecule has 15 heavy (non-hydrogen) atoms. The number of ketones is 1. The molecule has 1 rings (SSSR count). The van der Waals surface area contributed by atoms with Crippen molar-refractivity contribution in [3.8, 4) is 0 Å². The maximum absolute atomic E-state index is 11.9. The molecule has 1 aliphatic rings. The molecule has 3 nitrogen and oxygen atoms in total. The van der Waals surface area contributed by atoms with Crippen LogP contribution in [0.5, 0.6) is 0 Å². The highest BCUT2D eigenvalue weighted by molar-refractivity contribution is 6.01. The fourth-order valence-corrected chi connectivity index (χ4v) is 1.72. The van der Waals surface area contributed by atoms with E-state index in [1.54, 1.807) is 6.92 Å². The Morgan fingerprint density at radius 3 is 2.33 bits per heavy atom. The number of hydrogen-bond acceptors (Lipinski definition) is 3. The minimum absolute atomic E-state index is 0.0946. The largest absolute Gasteiger partial charge is 0.465 e. The summed E-state index contributed by atoms with van der Waals surface area (Å²) in [6.07, 6.45) is 2.73. The van der Waals surface area contributed by atoms with Crippen molar-refractivity contribution in [2.45, 2.75) is 40.0 Å². The minimum Gasteiger partial charge on any atom is -0.465 e. The van der Waals surface area contributed by atoms with E-state index in [4.69, 9.17) is 4.74 Å². The van der Waals surface area contributed by atoms with Gasteiger partial charge in [0.25, 0.3) is 0 Å². The number of carbonyl (C=O) groups excluding carboxylic acids is 2. The van der Waals surface area contributed by atoms with Gasteiger partial charge in [-0.25, -0.2) is 0 Å². The summed E-state index contributed by atoms with van der Waals surface area (Å²) in [4.78, 5) is 23.6. The summed E-state index contributed by atoms with van der Waals surface area (Å²) in [5.74, 6) is -0.528. The fourth-order valence-electron chi connectivity index (χ4n) is 1.72. The van der Waals surface area contributed by atoms with Gasteiger partial charge in [-0.2, -0.15) is 0 Å². The van der Waals surface area contributed by atoms with Gasteiger partial charge in [-0.1, -0.05) is 20.3 Å². The lowest BCUT2D eigenvalue weighted by molar-refractivity contribution is -0.154. The summed E-state index contributed by atoms with van der Waals surface area (Å²) in [6, 6.07) is 0. The predicted octanol–water partition coefficient (Wildman–Crippen LogP) is 2.19. The molecular formula is C12H20O3. The van der Waals surface area contributed by atoms with Gasteiger partial charge < -0.3 is 4.74 Å². The number of Topliss-reactive ketones (excluding diaryl/α,β-unsaturated/α-hetero) is 1. The van der Waals surface area contributed by atoms with Crippen LogP contribution >= 0.6 is 0 Å². The molecule has 0 N–H and O–H groups in total. The van der Waals surface area contributed by atoms with Crippen LogP contribution in [0, 0.1) is 17.8 Å². The van der Waals surface area contributed by atoms with Crippen LogP contribution in [0.1, 0.15) is 40.0 Å². The van der Waals surface area contributed by atoms with Gasteiger partial charge in [0, 0.05) is 5.92 Å². The minimum atomic E-state index is -0.526. The van der Waals surface area contributed by atoms with Gasteiger partial charge in [-0.05, 0) is 25.7 Å². The van der Waals surface area contributed by atoms with E-state index in [1.807, 2.05) is 13.8 Å². The molecule has 2 atom stereocenters. The average Bonchev–Trinajstić information content (AvgIpc) is 3.01. The van der Waals surface area contributed by atoms with E-state index in [0.717, 1.165) is 19.3 Å². The molecule has 1 saturated carbocycles. The number of carbonyl (C=O) groups is 2. The molecule has 0 aromatic heterocycles. The Labute approximate surface area is 91.2 Å². The highest BCUT2D eigenvalue weighted by atomic mass is 16.5. The molecule has 0 heterocycles. The van der Waals surface area contributed by atoms with Crippen LogP contribution in [0.3, 0.4) is 0 Å². The van der Waals surface area contributed by atoms with Crippen molar-refractivity contribution >= 4 is 11.8 Å². The summed E-state index contributed by atoms with van der Waals surface area (Å²) in [5, 5.41) is 0. The van der Waals surface area contributed by atoms with Crippen LogP contribution < -0.4 is 0 Å². The van der Waals surface area contributed by atoms with Gasteiger partial charge in [0.1, 0.15) is 11.7 Å². The number of hydrogen-bond donors (Lipinski definition) is 0. The zero-order valence-corrected chi connectivity index (χ0v) is 9.79. The number of esters is 1. The molecule has 3 heteroatoms. The Morgan fingerprint density at radius 2 is 1.93 bits per heavy atom. The first kappa shape index (κ1) is 12.2. The molecule has 0 aromatic rings. The second-order valence-corrected chi connectivity index (χ2v) is 4.29. The molecule has 86 valence electrons. The summed E-state index contributed by atoms with van der Waals surface area (Å²) < 4.78 is 4.97. The Hall–Kier alpha value is -0.860. The van der Waals surface area contributed by atoms with Crippen LogP contribution in [0.15, 0.2) is 0 Å². The lowest BCUT2D eigenvalue weighted by atomic mass is 9.86. The first-order valence-corrected chi connectivity index (χ1v) is 5.82. The summed E-state index contributed by atoms with van der Waals surface area (Å²) in [7, 11) is 0. The van der Waals surface area contributed by atoms with Crippen LogP contribution in [-0.2, 0) is 14.3 Å². The normalized spacial score (nSPS) is 19.4. The Bertz CT molecular complexity index is 243. The average molecular weight is 212 g/mol. The quantitative estimate of drug-likeness (QED) is 0.500. The maximum atomic E-state index is 11.9. The summed E-state index contributed by atoms with van der Waals surface area (Å²) >= 11 is 0. The molecular weight excluding hydrogens is 192 g/mol. The first-order chi connectivity index (χ1) is 7.11. The van der Waals surface area contributed by atoms with Gasteiger partial charge in [0.05, 0.1) is 6.61 Å². The summed E-state index contributed by atoms with van der Waals surface area (Å²) in [5.41, 5.74) is 0. The second kappa shape index (κ2) is 5.29. The Morgan fingerprint density at radius 1 is 1.33 bits per heavy atom. The van der Waals surface area contributed by atoms with Crippen molar-refractivity contribution in [3.05, 3.63) is 0 Å². The van der Waals surface area contributed by atoms with E-state index < -0.39 is 5.92 Å². The lowest BCUT2D eigenvalue weighted by Crippen LogP contribution is -2.32. The molecule has 0 bridgehead atoms. The molecule has 0 saturated heterocycles. The smallest absolute Gasteiger partial charge is 0.316 e. The van der Waals surface area contributed by atoms with Crippen molar-refractivity contribution in [3.63, 3.8) is 0 Å². The van der Waals surface area contributed by atoms with Gasteiger partial charge in [0.2, 0.25) is 0 Å². The van der Waals surface area contributed by atoms with Gasteiger partial charge in [-0.3, -0.25) is 9.59 Å². The maximum Gasteiger partial charge on any atom is 0.316 e. The van der Waals surface area contributed by atoms with Crippen molar-refractivity contribution < 1.29 is 14.3 Å². The van der Waals surface area contributed by atoms with Gasteiger partial charge in [-0.15, -0.1) is 0 Å². The highest BCUT2D eigenvalue weighted by Gasteiger charge is 2.41. The first-order valence-electron chi connectivity index (χ1n) is 5.82. The molecule has 0 spiro atoms. The van der Waals surface area contributed by atoms with Crippen LogP contribution in [0.2, 0.25) is 0 Å². The van der Waals surface area contributed by atoms with Crippen molar-refractivity contribution in [2.24, 2.45) is 17.8 Å². The third-order valence-corrected chi connectivity index (χ3v) is 3.04. The van der Waals surface area contributed by atoms with Crippen molar-refractivity contribution in [1.29, 1.82) is 0 Å². The van der Waals surface area contributed by atoms with Gasteiger partial charge in [0.15, 0.2) is 0 Å². The van der Waals surface area contributed by atoms with Crippen LogP contribution in [0.4, 0.5) is 0 Å². The Kier molecular flexibility index (Phi) is 4.30. The monoisotopic (exact) mass is 212 g/mol. The lowest BCUT2D eigenvalue weighted by Gasteiger charge is -2.19. The van der Waals surface area contributed by atoms with E-state index in [1.165, 1.54) is 0 Å². The van der Waals surface area contributed by atoms with E-state index in [-0.39, 0.29) is 23.6 Å². The zero-order chi connectivity index (χ0) is 11.4. The number of rotatable bonds is 6.